The summed E-state index contributed by atoms with van der Waals surface area (Å²) in [6.45, 7) is 0.505. The molecule has 22 heavy (non-hydrogen) atoms. The van der Waals surface area contributed by atoms with Crippen LogP contribution in [0, 0.1) is 0 Å². The van der Waals surface area contributed by atoms with Gasteiger partial charge >= 0.3 is 0 Å². The highest BCUT2D eigenvalue weighted by atomic mass is 16.1. The number of benzene rings is 1. The van der Waals surface area contributed by atoms with Crippen LogP contribution in [0.25, 0.3) is 11.4 Å². The summed E-state index contributed by atoms with van der Waals surface area (Å²) in [7, 11) is 0. The van der Waals surface area contributed by atoms with Crippen molar-refractivity contribution in [1.29, 1.82) is 0 Å². The molecule has 1 aromatic carbocycles. The number of hydrogen-bond acceptors (Lipinski definition) is 4. The molecule has 6 nitrogen and oxygen atoms in total. The van der Waals surface area contributed by atoms with Crippen molar-refractivity contribution in [2.75, 3.05) is 0 Å². The average Bonchev–Trinajstić information content (AvgIpc) is 3.03. The Kier molecular flexibility index (Phi) is 4.20. The molecule has 0 fully saturated rings. The molecular weight excluding hydrogens is 278 g/mol. The third-order valence-corrected chi connectivity index (χ3v) is 3.13. The van der Waals surface area contributed by atoms with Crippen molar-refractivity contribution in [2.24, 2.45) is 0 Å². The van der Waals surface area contributed by atoms with Crippen molar-refractivity contribution in [3.05, 3.63) is 66.2 Å². The van der Waals surface area contributed by atoms with Gasteiger partial charge in [0.25, 0.3) is 0 Å². The first-order chi connectivity index (χ1) is 10.8. The van der Waals surface area contributed by atoms with E-state index in [1.807, 2.05) is 42.5 Å². The van der Waals surface area contributed by atoms with E-state index < -0.39 is 0 Å². The number of aromatic amines is 1. The van der Waals surface area contributed by atoms with Gasteiger partial charge in [0.2, 0.25) is 5.91 Å². The van der Waals surface area contributed by atoms with E-state index in [1.165, 1.54) is 0 Å². The van der Waals surface area contributed by atoms with Gasteiger partial charge in [-0.15, -0.1) is 0 Å². The predicted molar refractivity (Wildman–Crippen MR) is 81.6 cm³/mol. The summed E-state index contributed by atoms with van der Waals surface area (Å²) in [6.07, 6.45) is 3.53. The molecule has 3 rings (SSSR count). The van der Waals surface area contributed by atoms with Crippen LogP contribution in [0.4, 0.5) is 0 Å². The van der Waals surface area contributed by atoms with Crippen molar-refractivity contribution in [3.63, 3.8) is 0 Å². The number of carbonyl (C=O) groups excluding carboxylic acids is 1. The Bertz CT molecular complexity index is 739. The molecule has 110 valence electrons. The molecule has 0 spiro atoms. The topological polar surface area (TPSA) is 83.6 Å². The van der Waals surface area contributed by atoms with Crippen molar-refractivity contribution in [2.45, 2.75) is 13.0 Å². The quantitative estimate of drug-likeness (QED) is 0.750. The highest BCUT2D eigenvalue weighted by molar-refractivity contribution is 5.77. The van der Waals surface area contributed by atoms with E-state index in [2.05, 4.69) is 25.5 Å². The van der Waals surface area contributed by atoms with E-state index in [4.69, 9.17) is 0 Å². The Balaban J connectivity index is 1.57. The lowest BCUT2D eigenvalue weighted by Crippen LogP contribution is -2.24. The maximum absolute atomic E-state index is 11.9. The maximum atomic E-state index is 11.9. The summed E-state index contributed by atoms with van der Waals surface area (Å²) in [6, 6.07) is 13.4. The molecular formula is C16H15N5O. The van der Waals surface area contributed by atoms with E-state index in [0.717, 1.165) is 11.1 Å². The van der Waals surface area contributed by atoms with E-state index in [0.29, 0.717) is 18.2 Å². The summed E-state index contributed by atoms with van der Waals surface area (Å²) in [5.41, 5.74) is 1.92. The standard InChI is InChI=1S/C16H15N5O/c22-15(18-11-12-4-2-1-3-5-12)10-14-19-16(21-20-14)13-6-8-17-9-7-13/h1-9H,10-11H2,(H,18,22)(H,19,20,21). The first-order valence-corrected chi connectivity index (χ1v) is 6.93. The van der Waals surface area contributed by atoms with Gasteiger partial charge in [-0.25, -0.2) is 4.98 Å². The number of aromatic nitrogens is 4. The highest BCUT2D eigenvalue weighted by Crippen LogP contribution is 2.12. The zero-order chi connectivity index (χ0) is 15.2. The number of amides is 1. The second-order valence-electron chi connectivity index (χ2n) is 4.78. The molecule has 2 N–H and O–H groups in total. The Labute approximate surface area is 127 Å². The Morgan fingerprint density at radius 2 is 1.86 bits per heavy atom. The summed E-state index contributed by atoms with van der Waals surface area (Å²) in [4.78, 5) is 20.2. The van der Waals surface area contributed by atoms with Crippen molar-refractivity contribution in [1.82, 2.24) is 25.5 Å². The van der Waals surface area contributed by atoms with Gasteiger partial charge in [0, 0.05) is 24.5 Å². The van der Waals surface area contributed by atoms with Crippen LogP contribution in [0.2, 0.25) is 0 Å². The van der Waals surface area contributed by atoms with Crippen molar-refractivity contribution in [3.8, 4) is 11.4 Å². The highest BCUT2D eigenvalue weighted by Gasteiger charge is 2.09. The molecule has 0 radical (unpaired) electrons. The van der Waals surface area contributed by atoms with Gasteiger partial charge in [0.15, 0.2) is 5.82 Å². The van der Waals surface area contributed by atoms with Crippen LogP contribution < -0.4 is 5.32 Å². The van der Waals surface area contributed by atoms with Crippen molar-refractivity contribution >= 4 is 5.91 Å². The number of carbonyl (C=O) groups is 1. The van der Waals surface area contributed by atoms with E-state index >= 15 is 0 Å². The summed E-state index contributed by atoms with van der Waals surface area (Å²) < 4.78 is 0. The zero-order valence-corrected chi connectivity index (χ0v) is 11.9. The maximum Gasteiger partial charge on any atom is 0.227 e. The van der Waals surface area contributed by atoms with Crippen LogP contribution >= 0.6 is 0 Å². The molecule has 6 heteroatoms. The molecule has 2 aromatic heterocycles. The second kappa shape index (κ2) is 6.62. The minimum atomic E-state index is -0.0960. The van der Waals surface area contributed by atoms with Gasteiger partial charge < -0.3 is 5.32 Å². The molecule has 0 atom stereocenters. The molecule has 2 heterocycles. The van der Waals surface area contributed by atoms with Crippen LogP contribution in [0.15, 0.2) is 54.9 Å². The van der Waals surface area contributed by atoms with Crippen LogP contribution in [0.5, 0.6) is 0 Å². The minimum absolute atomic E-state index is 0.0960. The molecule has 0 saturated heterocycles. The molecule has 0 saturated carbocycles. The Morgan fingerprint density at radius 1 is 1.09 bits per heavy atom. The lowest BCUT2D eigenvalue weighted by Gasteiger charge is -2.03. The zero-order valence-electron chi connectivity index (χ0n) is 11.9. The number of hydrogen-bond donors (Lipinski definition) is 2. The van der Waals surface area contributed by atoms with Gasteiger partial charge in [0.1, 0.15) is 5.82 Å². The summed E-state index contributed by atoms with van der Waals surface area (Å²) in [5, 5.41) is 9.76. The first kappa shape index (κ1) is 13.9. The average molecular weight is 293 g/mol. The SMILES string of the molecule is O=C(Cc1nc(-c2ccncc2)n[nH]1)NCc1ccccc1. The number of nitrogens with zero attached hydrogens (tertiary/aromatic N) is 3. The third kappa shape index (κ3) is 3.54. The first-order valence-electron chi connectivity index (χ1n) is 6.93. The number of pyridine rings is 1. The second-order valence-corrected chi connectivity index (χ2v) is 4.78. The smallest absolute Gasteiger partial charge is 0.227 e. The Hall–Kier alpha value is -3.02. The van der Waals surface area contributed by atoms with Gasteiger partial charge in [-0.3, -0.25) is 14.9 Å². The van der Waals surface area contributed by atoms with Crippen LogP contribution in [-0.2, 0) is 17.8 Å². The minimum Gasteiger partial charge on any atom is -0.352 e. The summed E-state index contributed by atoms with van der Waals surface area (Å²) >= 11 is 0. The fourth-order valence-corrected chi connectivity index (χ4v) is 2.02. The number of H-pyrrole nitrogens is 1. The fourth-order valence-electron chi connectivity index (χ4n) is 2.02. The van der Waals surface area contributed by atoms with E-state index in [9.17, 15) is 4.79 Å². The van der Waals surface area contributed by atoms with Crippen LogP contribution in [-0.4, -0.2) is 26.1 Å². The molecule has 0 aliphatic rings. The largest absolute Gasteiger partial charge is 0.352 e. The molecule has 3 aromatic rings. The third-order valence-electron chi connectivity index (χ3n) is 3.13. The van der Waals surface area contributed by atoms with Crippen LogP contribution in [0.3, 0.4) is 0 Å². The van der Waals surface area contributed by atoms with Crippen molar-refractivity contribution < 1.29 is 4.79 Å². The molecule has 1 amide bonds. The molecule has 0 bridgehead atoms. The Morgan fingerprint density at radius 3 is 2.64 bits per heavy atom. The molecule has 0 aliphatic heterocycles. The molecule has 0 unspecified atom stereocenters. The van der Waals surface area contributed by atoms with Gasteiger partial charge in [-0.1, -0.05) is 30.3 Å². The van der Waals surface area contributed by atoms with E-state index in [1.54, 1.807) is 12.4 Å². The van der Waals surface area contributed by atoms with Crippen LogP contribution in [0.1, 0.15) is 11.4 Å². The van der Waals surface area contributed by atoms with E-state index in [-0.39, 0.29) is 12.3 Å². The molecule has 0 aliphatic carbocycles. The lowest BCUT2D eigenvalue weighted by atomic mass is 10.2. The monoisotopic (exact) mass is 293 g/mol. The van der Waals surface area contributed by atoms with Gasteiger partial charge in [-0.2, -0.15) is 5.10 Å². The number of rotatable bonds is 5. The van der Waals surface area contributed by atoms with Gasteiger partial charge in [-0.05, 0) is 17.7 Å². The lowest BCUT2D eigenvalue weighted by molar-refractivity contribution is -0.120. The normalized spacial score (nSPS) is 10.4. The predicted octanol–water partition coefficient (Wildman–Crippen LogP) is 1.73. The van der Waals surface area contributed by atoms with Gasteiger partial charge in [0.05, 0.1) is 6.42 Å². The number of nitrogens with one attached hydrogen (secondary N) is 2. The summed E-state index contributed by atoms with van der Waals surface area (Å²) in [5.74, 6) is 1.01. The fraction of sp³-hybridized carbons (Fsp3) is 0.125.